The number of rotatable bonds is 4. The number of carboxylic acids is 1. The summed E-state index contributed by atoms with van der Waals surface area (Å²) in [6, 6.07) is 3.37. The van der Waals surface area contributed by atoms with Crippen LogP contribution in [-0.2, 0) is 18.3 Å². The summed E-state index contributed by atoms with van der Waals surface area (Å²) in [7, 11) is 1.72. The van der Waals surface area contributed by atoms with E-state index in [0.29, 0.717) is 11.4 Å². The largest absolute Gasteiger partial charge is 0.481 e. The molecule has 0 saturated carbocycles. The molecule has 4 heteroatoms. The number of carboxylic acid groups (broad SMARTS) is 1. The second-order valence-electron chi connectivity index (χ2n) is 3.86. The van der Waals surface area contributed by atoms with Crippen molar-refractivity contribution >= 4 is 11.8 Å². The number of ketones is 1. The van der Waals surface area contributed by atoms with Crippen molar-refractivity contribution in [1.82, 2.24) is 4.57 Å². The first-order chi connectivity index (χ1) is 6.93. The lowest BCUT2D eigenvalue weighted by molar-refractivity contribution is -0.136. The van der Waals surface area contributed by atoms with Gasteiger partial charge in [-0.25, -0.2) is 0 Å². The topological polar surface area (TPSA) is 59.3 Å². The highest BCUT2D eigenvalue weighted by atomic mass is 16.4. The van der Waals surface area contributed by atoms with E-state index in [1.54, 1.807) is 23.7 Å². The van der Waals surface area contributed by atoms with Gasteiger partial charge in [-0.1, -0.05) is 13.8 Å². The third kappa shape index (κ3) is 2.46. The molecule has 1 aromatic rings. The zero-order valence-corrected chi connectivity index (χ0v) is 9.15. The van der Waals surface area contributed by atoms with Crippen LogP contribution in [0, 0.1) is 5.92 Å². The molecule has 1 N–H and O–H groups in total. The molecule has 0 bridgehead atoms. The maximum absolute atomic E-state index is 11.7. The molecule has 1 heterocycles. The quantitative estimate of drug-likeness (QED) is 0.764. The van der Waals surface area contributed by atoms with Gasteiger partial charge in [0.15, 0.2) is 5.78 Å². The predicted molar refractivity (Wildman–Crippen MR) is 55.9 cm³/mol. The molecule has 1 rings (SSSR count). The van der Waals surface area contributed by atoms with Crippen LogP contribution in [-0.4, -0.2) is 21.4 Å². The molecule has 0 unspecified atom stereocenters. The van der Waals surface area contributed by atoms with Gasteiger partial charge in [-0.05, 0) is 12.1 Å². The fourth-order valence-electron chi connectivity index (χ4n) is 1.43. The second-order valence-corrected chi connectivity index (χ2v) is 3.86. The number of hydrogen-bond acceptors (Lipinski definition) is 2. The van der Waals surface area contributed by atoms with Gasteiger partial charge in [0.1, 0.15) is 0 Å². The Morgan fingerprint density at radius 1 is 1.40 bits per heavy atom. The molecule has 0 amide bonds. The van der Waals surface area contributed by atoms with E-state index in [4.69, 9.17) is 5.11 Å². The molecule has 15 heavy (non-hydrogen) atoms. The van der Waals surface area contributed by atoms with Crippen molar-refractivity contribution in [1.29, 1.82) is 0 Å². The first kappa shape index (κ1) is 11.5. The number of aliphatic carboxylic acids is 1. The lowest BCUT2D eigenvalue weighted by atomic mass is 10.1. The maximum Gasteiger partial charge on any atom is 0.309 e. The van der Waals surface area contributed by atoms with Gasteiger partial charge in [-0.15, -0.1) is 0 Å². The van der Waals surface area contributed by atoms with E-state index in [-0.39, 0.29) is 18.1 Å². The summed E-state index contributed by atoms with van der Waals surface area (Å²) in [4.78, 5) is 22.2. The average Bonchev–Trinajstić information content (AvgIpc) is 2.46. The van der Waals surface area contributed by atoms with Crippen LogP contribution in [0.4, 0.5) is 0 Å². The van der Waals surface area contributed by atoms with E-state index in [2.05, 4.69) is 0 Å². The SMILES string of the molecule is CC(C)C(=O)c1ccc(CC(=O)O)n1C. The number of carbonyl (C=O) groups is 2. The fraction of sp³-hybridized carbons (Fsp3) is 0.455. The van der Waals surface area contributed by atoms with Crippen LogP contribution in [0.1, 0.15) is 30.0 Å². The summed E-state index contributed by atoms with van der Waals surface area (Å²) in [6.07, 6.45) is -0.0537. The lowest BCUT2D eigenvalue weighted by Crippen LogP contribution is -2.14. The minimum absolute atomic E-state index is 0.0362. The van der Waals surface area contributed by atoms with E-state index in [1.165, 1.54) is 0 Å². The highest BCUT2D eigenvalue weighted by Gasteiger charge is 2.16. The maximum atomic E-state index is 11.7. The number of aromatic nitrogens is 1. The fourth-order valence-corrected chi connectivity index (χ4v) is 1.43. The minimum atomic E-state index is -0.889. The van der Waals surface area contributed by atoms with Crippen molar-refractivity contribution in [2.45, 2.75) is 20.3 Å². The smallest absolute Gasteiger partial charge is 0.309 e. The van der Waals surface area contributed by atoms with Crippen molar-refractivity contribution in [2.75, 3.05) is 0 Å². The molecule has 0 fully saturated rings. The number of Topliss-reactive ketones (excluding diaryl/α,β-unsaturated/α-hetero) is 1. The Morgan fingerprint density at radius 3 is 2.47 bits per heavy atom. The van der Waals surface area contributed by atoms with Gasteiger partial charge in [0.05, 0.1) is 12.1 Å². The van der Waals surface area contributed by atoms with Crippen molar-refractivity contribution in [3.63, 3.8) is 0 Å². The summed E-state index contributed by atoms with van der Waals surface area (Å²) in [5.74, 6) is -0.926. The zero-order valence-electron chi connectivity index (χ0n) is 9.15. The Labute approximate surface area is 88.5 Å². The van der Waals surface area contributed by atoms with E-state index in [9.17, 15) is 9.59 Å². The number of carbonyl (C=O) groups excluding carboxylic acids is 1. The highest BCUT2D eigenvalue weighted by molar-refractivity contribution is 5.96. The number of nitrogens with zero attached hydrogens (tertiary/aromatic N) is 1. The molecule has 0 aliphatic carbocycles. The van der Waals surface area contributed by atoms with Crippen molar-refractivity contribution in [3.8, 4) is 0 Å². The summed E-state index contributed by atoms with van der Waals surface area (Å²) in [6.45, 7) is 3.65. The molecule has 0 atom stereocenters. The Kier molecular flexibility index (Phi) is 3.29. The Balaban J connectivity index is 2.98. The van der Waals surface area contributed by atoms with Crippen LogP contribution < -0.4 is 0 Å². The van der Waals surface area contributed by atoms with Crippen LogP contribution in [0.2, 0.25) is 0 Å². The first-order valence-electron chi connectivity index (χ1n) is 4.84. The summed E-state index contributed by atoms with van der Waals surface area (Å²) in [5, 5.41) is 8.65. The van der Waals surface area contributed by atoms with Gasteiger partial charge < -0.3 is 9.67 Å². The second kappa shape index (κ2) is 4.29. The molecule has 0 aliphatic heterocycles. The highest BCUT2D eigenvalue weighted by Crippen LogP contribution is 2.12. The summed E-state index contributed by atoms with van der Waals surface area (Å²) in [5.41, 5.74) is 1.22. The molecule has 1 aromatic heterocycles. The van der Waals surface area contributed by atoms with Gasteiger partial charge in [0.25, 0.3) is 0 Å². The van der Waals surface area contributed by atoms with Crippen LogP contribution in [0.15, 0.2) is 12.1 Å². The molecule has 4 nitrogen and oxygen atoms in total. The normalized spacial score (nSPS) is 10.7. The Bertz CT molecular complexity index is 391. The van der Waals surface area contributed by atoms with Crippen molar-refractivity contribution in [3.05, 3.63) is 23.5 Å². The molecular formula is C11H15NO3. The molecule has 0 aliphatic rings. The van der Waals surface area contributed by atoms with E-state index in [0.717, 1.165) is 0 Å². The van der Waals surface area contributed by atoms with Gasteiger partial charge >= 0.3 is 5.97 Å². The van der Waals surface area contributed by atoms with Crippen LogP contribution in [0.3, 0.4) is 0 Å². The molecule has 0 radical (unpaired) electrons. The molecule has 0 spiro atoms. The molecule has 82 valence electrons. The number of hydrogen-bond donors (Lipinski definition) is 1. The van der Waals surface area contributed by atoms with E-state index in [1.807, 2.05) is 13.8 Å². The molecule has 0 aromatic carbocycles. The van der Waals surface area contributed by atoms with Gasteiger partial charge in [0.2, 0.25) is 0 Å². The predicted octanol–water partition coefficient (Wildman–Crippen LogP) is 1.49. The Morgan fingerprint density at radius 2 is 2.00 bits per heavy atom. The van der Waals surface area contributed by atoms with E-state index >= 15 is 0 Å². The van der Waals surface area contributed by atoms with Gasteiger partial charge in [-0.3, -0.25) is 9.59 Å². The van der Waals surface area contributed by atoms with Crippen molar-refractivity contribution in [2.24, 2.45) is 13.0 Å². The van der Waals surface area contributed by atoms with Crippen LogP contribution in [0.5, 0.6) is 0 Å². The zero-order chi connectivity index (χ0) is 11.6. The summed E-state index contributed by atoms with van der Waals surface area (Å²) >= 11 is 0. The Hall–Kier alpha value is -1.58. The van der Waals surface area contributed by atoms with Crippen molar-refractivity contribution < 1.29 is 14.7 Å². The third-order valence-corrected chi connectivity index (χ3v) is 2.33. The van der Waals surface area contributed by atoms with Gasteiger partial charge in [0, 0.05) is 18.7 Å². The lowest BCUT2D eigenvalue weighted by Gasteiger charge is -2.07. The van der Waals surface area contributed by atoms with Crippen LogP contribution >= 0.6 is 0 Å². The standard InChI is InChI=1S/C11H15NO3/c1-7(2)11(15)9-5-4-8(12(9)3)6-10(13)14/h4-5,7H,6H2,1-3H3,(H,13,14). The average molecular weight is 209 g/mol. The van der Waals surface area contributed by atoms with Crippen LogP contribution in [0.25, 0.3) is 0 Å². The molecule has 0 saturated heterocycles. The molecular weight excluding hydrogens is 194 g/mol. The van der Waals surface area contributed by atoms with E-state index < -0.39 is 5.97 Å². The first-order valence-corrected chi connectivity index (χ1v) is 4.84. The third-order valence-electron chi connectivity index (χ3n) is 2.33. The minimum Gasteiger partial charge on any atom is -0.481 e. The monoisotopic (exact) mass is 209 g/mol. The van der Waals surface area contributed by atoms with Gasteiger partial charge in [-0.2, -0.15) is 0 Å². The summed E-state index contributed by atoms with van der Waals surface area (Å²) < 4.78 is 1.65.